The molecule has 0 spiro atoms. The van der Waals surface area contributed by atoms with Gasteiger partial charge in [-0.3, -0.25) is 0 Å². The van der Waals surface area contributed by atoms with Crippen LogP contribution in [0, 0.1) is 0 Å². The van der Waals surface area contributed by atoms with Crippen LogP contribution in [-0.4, -0.2) is 29.0 Å². The number of aliphatic hydroxyl groups is 2. The monoisotopic (exact) mass is 411 g/mol. The summed E-state index contributed by atoms with van der Waals surface area (Å²) in [6.07, 6.45) is 1.18. The predicted octanol–water partition coefficient (Wildman–Crippen LogP) is 4.20. The van der Waals surface area contributed by atoms with Crippen molar-refractivity contribution in [2.24, 2.45) is 5.73 Å². The molecule has 29 heavy (non-hydrogen) atoms. The topological polar surface area (TPSA) is 75.7 Å². The lowest BCUT2D eigenvalue weighted by molar-refractivity contribution is 0.115. The molecule has 4 N–H and O–H groups in total. The fourth-order valence-corrected chi connectivity index (χ4v) is 3.24. The molecule has 5 heteroatoms. The number of hydrogen-bond donors (Lipinski definition) is 3. The van der Waals surface area contributed by atoms with Crippen molar-refractivity contribution in [1.29, 1.82) is 0 Å². The average Bonchev–Trinajstić information content (AvgIpc) is 2.77. The Labute approximate surface area is 176 Å². The molecule has 0 bridgehead atoms. The number of rotatable bonds is 9. The number of nitrogens with two attached hydrogens (primary N) is 1. The van der Waals surface area contributed by atoms with Gasteiger partial charge in [-0.1, -0.05) is 66.2 Å². The van der Waals surface area contributed by atoms with Crippen LogP contribution in [0.2, 0.25) is 5.02 Å². The summed E-state index contributed by atoms with van der Waals surface area (Å²) in [6.45, 7) is -0.0773. The Morgan fingerprint density at radius 3 is 2.28 bits per heavy atom. The van der Waals surface area contributed by atoms with E-state index in [4.69, 9.17) is 22.1 Å². The highest BCUT2D eigenvalue weighted by Crippen LogP contribution is 2.26. The smallest absolute Gasteiger partial charge is 0.120 e. The maximum atomic E-state index is 9.37. The lowest BCUT2D eigenvalue weighted by Gasteiger charge is -2.24. The van der Waals surface area contributed by atoms with Crippen molar-refractivity contribution in [3.8, 4) is 16.9 Å². The molecule has 0 unspecified atom stereocenters. The lowest BCUT2D eigenvalue weighted by Crippen LogP contribution is -2.47. The maximum Gasteiger partial charge on any atom is 0.120 e. The third-order valence-electron chi connectivity index (χ3n) is 4.99. The fourth-order valence-electron chi connectivity index (χ4n) is 3.05. The highest BCUT2D eigenvalue weighted by atomic mass is 35.5. The molecule has 3 rings (SSSR count). The standard InChI is InChI=1S/C24H26ClNO3/c25-23-10-2-1-6-21(23)15-29-22-9-4-8-20(14-22)19-7-3-5-18(13-19)11-12-24(26,16-27)17-28/h1-10,13-14,27-28H,11-12,15-17,26H2. The first-order valence-electron chi connectivity index (χ1n) is 9.59. The van der Waals surface area contributed by atoms with Gasteiger partial charge in [-0.15, -0.1) is 0 Å². The van der Waals surface area contributed by atoms with E-state index in [0.29, 0.717) is 24.5 Å². The Bertz CT molecular complexity index is 941. The van der Waals surface area contributed by atoms with Crippen molar-refractivity contribution in [3.05, 3.63) is 88.9 Å². The zero-order valence-electron chi connectivity index (χ0n) is 16.2. The van der Waals surface area contributed by atoms with Crippen LogP contribution in [-0.2, 0) is 13.0 Å². The van der Waals surface area contributed by atoms with Crippen molar-refractivity contribution < 1.29 is 14.9 Å². The quantitative estimate of drug-likeness (QED) is 0.493. The van der Waals surface area contributed by atoms with Gasteiger partial charge in [0.15, 0.2) is 0 Å². The molecule has 0 aliphatic heterocycles. The van der Waals surface area contributed by atoms with Crippen LogP contribution in [0.4, 0.5) is 0 Å². The third kappa shape index (κ3) is 5.81. The molecule has 0 heterocycles. The van der Waals surface area contributed by atoms with Crippen molar-refractivity contribution in [2.75, 3.05) is 13.2 Å². The van der Waals surface area contributed by atoms with Crippen LogP contribution in [0.1, 0.15) is 17.5 Å². The van der Waals surface area contributed by atoms with Crippen LogP contribution in [0.15, 0.2) is 72.8 Å². The maximum absolute atomic E-state index is 9.37. The number of aryl methyl sites for hydroxylation is 1. The van der Waals surface area contributed by atoms with E-state index in [0.717, 1.165) is 28.0 Å². The molecule has 0 radical (unpaired) electrons. The van der Waals surface area contributed by atoms with Crippen LogP contribution >= 0.6 is 11.6 Å². The highest BCUT2D eigenvalue weighted by Gasteiger charge is 2.22. The van der Waals surface area contributed by atoms with Crippen LogP contribution in [0.25, 0.3) is 11.1 Å². The van der Waals surface area contributed by atoms with Gasteiger partial charge in [0.1, 0.15) is 12.4 Å². The average molecular weight is 412 g/mol. The number of halogens is 1. The van der Waals surface area contributed by atoms with E-state index in [1.54, 1.807) is 0 Å². The lowest BCUT2D eigenvalue weighted by atomic mass is 9.93. The van der Waals surface area contributed by atoms with Gasteiger partial charge in [-0.25, -0.2) is 0 Å². The van der Waals surface area contributed by atoms with E-state index < -0.39 is 5.54 Å². The molecule has 0 aliphatic carbocycles. The molecule has 0 aromatic heterocycles. The second kappa shape index (κ2) is 9.90. The van der Waals surface area contributed by atoms with Gasteiger partial charge in [0.05, 0.1) is 18.8 Å². The van der Waals surface area contributed by atoms with Gasteiger partial charge >= 0.3 is 0 Å². The zero-order valence-corrected chi connectivity index (χ0v) is 17.0. The summed E-state index contributed by atoms with van der Waals surface area (Å²) in [5, 5.41) is 19.4. The first-order chi connectivity index (χ1) is 14.0. The number of benzene rings is 3. The molecule has 0 atom stereocenters. The molecule has 0 amide bonds. The summed E-state index contributed by atoms with van der Waals surface area (Å²) in [6, 6.07) is 23.7. The molecule has 3 aromatic rings. The minimum atomic E-state index is -0.956. The van der Waals surface area contributed by atoms with Crippen molar-refractivity contribution >= 4 is 11.6 Å². The minimum absolute atomic E-state index is 0.242. The van der Waals surface area contributed by atoms with Crippen LogP contribution in [0.5, 0.6) is 5.75 Å². The Kier molecular flexibility index (Phi) is 7.29. The molecule has 0 saturated carbocycles. The van der Waals surface area contributed by atoms with Gasteiger partial charge < -0.3 is 20.7 Å². The van der Waals surface area contributed by atoms with Gasteiger partial charge in [-0.2, -0.15) is 0 Å². The Morgan fingerprint density at radius 1 is 0.862 bits per heavy atom. The molecular formula is C24H26ClNO3. The molecule has 0 saturated heterocycles. The summed E-state index contributed by atoms with van der Waals surface area (Å²) in [7, 11) is 0. The van der Waals surface area contributed by atoms with Gasteiger partial charge in [0, 0.05) is 10.6 Å². The van der Waals surface area contributed by atoms with E-state index in [1.807, 2.05) is 66.7 Å². The number of aliphatic hydroxyl groups excluding tert-OH is 2. The molecule has 0 fully saturated rings. The summed E-state index contributed by atoms with van der Waals surface area (Å²) in [4.78, 5) is 0. The molecule has 0 aliphatic rings. The SMILES string of the molecule is NC(CO)(CO)CCc1cccc(-c2cccc(OCc3ccccc3Cl)c2)c1. The van der Waals surface area contributed by atoms with E-state index in [2.05, 4.69) is 6.07 Å². The predicted molar refractivity (Wildman–Crippen MR) is 117 cm³/mol. The first kappa shape index (κ1) is 21.3. The number of ether oxygens (including phenoxy) is 1. The zero-order chi connectivity index (χ0) is 20.7. The fraction of sp³-hybridized carbons (Fsp3) is 0.250. The van der Waals surface area contributed by atoms with Gasteiger partial charge in [0.2, 0.25) is 0 Å². The largest absolute Gasteiger partial charge is 0.489 e. The van der Waals surface area contributed by atoms with E-state index in [9.17, 15) is 10.2 Å². The van der Waals surface area contributed by atoms with Crippen molar-refractivity contribution in [1.82, 2.24) is 0 Å². The normalized spacial score (nSPS) is 11.4. The Balaban J connectivity index is 1.71. The summed E-state index contributed by atoms with van der Waals surface area (Å²) in [5.41, 5.74) is 9.18. The first-order valence-corrected chi connectivity index (χ1v) is 9.97. The highest BCUT2D eigenvalue weighted by molar-refractivity contribution is 6.31. The van der Waals surface area contributed by atoms with E-state index in [1.165, 1.54) is 0 Å². The van der Waals surface area contributed by atoms with Crippen molar-refractivity contribution in [3.63, 3.8) is 0 Å². The summed E-state index contributed by atoms with van der Waals surface area (Å²) < 4.78 is 5.93. The van der Waals surface area contributed by atoms with E-state index >= 15 is 0 Å². The Hall–Kier alpha value is -2.37. The molecule has 3 aromatic carbocycles. The summed E-state index contributed by atoms with van der Waals surface area (Å²) in [5.74, 6) is 0.773. The number of hydrogen-bond acceptors (Lipinski definition) is 4. The second-order valence-electron chi connectivity index (χ2n) is 7.29. The third-order valence-corrected chi connectivity index (χ3v) is 5.36. The van der Waals surface area contributed by atoms with Gasteiger partial charge in [0.25, 0.3) is 0 Å². The van der Waals surface area contributed by atoms with Crippen LogP contribution in [0.3, 0.4) is 0 Å². The van der Waals surface area contributed by atoms with Gasteiger partial charge in [-0.05, 0) is 47.7 Å². The summed E-state index contributed by atoms with van der Waals surface area (Å²) >= 11 is 6.20. The van der Waals surface area contributed by atoms with Crippen molar-refractivity contribution in [2.45, 2.75) is 25.0 Å². The molecule has 152 valence electrons. The second-order valence-corrected chi connectivity index (χ2v) is 7.69. The minimum Gasteiger partial charge on any atom is -0.489 e. The molecular weight excluding hydrogens is 386 g/mol. The van der Waals surface area contributed by atoms with Crippen LogP contribution < -0.4 is 10.5 Å². The van der Waals surface area contributed by atoms with E-state index in [-0.39, 0.29) is 13.2 Å². The molecule has 4 nitrogen and oxygen atoms in total. The Morgan fingerprint density at radius 2 is 1.55 bits per heavy atom.